The maximum atomic E-state index is 9.47. The van der Waals surface area contributed by atoms with Crippen molar-refractivity contribution < 1.29 is 9.63 Å². The van der Waals surface area contributed by atoms with Crippen molar-refractivity contribution in [1.29, 1.82) is 0 Å². The molecule has 0 aromatic heterocycles. The van der Waals surface area contributed by atoms with Crippen molar-refractivity contribution in [2.45, 2.75) is 6.92 Å². The van der Waals surface area contributed by atoms with Gasteiger partial charge >= 0.3 is 5.97 Å². The Bertz CT molecular complexity index is 46.8. The van der Waals surface area contributed by atoms with Crippen LogP contribution in [0.15, 0.2) is 0 Å². The second-order valence-electron chi connectivity index (χ2n) is 0.609. The van der Waals surface area contributed by atoms with Crippen molar-refractivity contribution in [3.8, 4) is 0 Å². The Morgan fingerprint density at radius 3 is 2.00 bits per heavy atom. The third kappa shape index (κ3) is 8.87. The minimum Gasteiger partial charge on any atom is -0.374 e. The zero-order valence-corrected chi connectivity index (χ0v) is 6.25. The molecule has 4 radical (unpaired) electrons. The van der Waals surface area contributed by atoms with E-state index < -0.39 is 5.97 Å². The molecular weight excluding hydrogens is 189 g/mol. The van der Waals surface area contributed by atoms with Gasteiger partial charge in [0.15, 0.2) is 0 Å². The molecule has 4 heteroatoms. The molecule has 34 valence electrons. The van der Waals surface area contributed by atoms with Crippen molar-refractivity contribution in [2.24, 2.45) is 5.90 Å². The van der Waals surface area contributed by atoms with Crippen LogP contribution in [0.5, 0.6) is 0 Å². The van der Waals surface area contributed by atoms with Gasteiger partial charge in [-0.05, 0) is 0 Å². The van der Waals surface area contributed by atoms with E-state index >= 15 is 0 Å². The van der Waals surface area contributed by atoms with Crippen LogP contribution in [0.4, 0.5) is 0 Å². The molecule has 6 heavy (non-hydrogen) atoms. The third-order valence-corrected chi connectivity index (χ3v) is 0.166. The maximum absolute atomic E-state index is 9.47. The summed E-state index contributed by atoms with van der Waals surface area (Å²) in [5.74, 6) is 3.85. The molecule has 0 heterocycles. The molecule has 0 atom stereocenters. The molecule has 3 nitrogen and oxygen atoms in total. The first-order valence-corrected chi connectivity index (χ1v) is 1.14. The van der Waals surface area contributed by atoms with Crippen molar-refractivity contribution in [3.05, 3.63) is 0 Å². The van der Waals surface area contributed by atoms with E-state index in [-0.39, 0.29) is 23.9 Å². The monoisotopic (exact) mass is 195 g/mol. The summed E-state index contributed by atoms with van der Waals surface area (Å²) in [6.45, 7) is 1.24. The smallest absolute Gasteiger partial charge is 0.321 e. The van der Waals surface area contributed by atoms with E-state index in [1.807, 2.05) is 0 Å². The molecule has 0 aliphatic carbocycles. The minimum atomic E-state index is -0.468. The number of hydrogen-bond acceptors (Lipinski definition) is 3. The molecule has 0 aliphatic heterocycles. The van der Waals surface area contributed by atoms with Crippen LogP contribution < -0.4 is 5.90 Å². The van der Waals surface area contributed by atoms with Gasteiger partial charge in [0.25, 0.3) is 0 Å². The standard InChI is InChI=1S/C2H5NO2.Sn/c1-2(4)5-3;/h3H2,1H3;. The maximum Gasteiger partial charge on any atom is 0.321 e. The van der Waals surface area contributed by atoms with Crippen LogP contribution in [-0.4, -0.2) is 29.9 Å². The van der Waals surface area contributed by atoms with Gasteiger partial charge in [-0.2, -0.15) is 5.90 Å². The Kier molecular flexibility index (Phi) is 8.30. The summed E-state index contributed by atoms with van der Waals surface area (Å²) in [6, 6.07) is 0. The fourth-order valence-corrected chi connectivity index (χ4v) is 0. The topological polar surface area (TPSA) is 52.3 Å². The number of hydrogen-bond donors (Lipinski definition) is 1. The molecule has 2 N–H and O–H groups in total. The summed E-state index contributed by atoms with van der Waals surface area (Å²) in [5.41, 5.74) is 0. The van der Waals surface area contributed by atoms with Crippen LogP contribution in [0.1, 0.15) is 6.92 Å². The zero-order chi connectivity index (χ0) is 4.28. The van der Waals surface area contributed by atoms with Crippen molar-refractivity contribution in [1.82, 2.24) is 0 Å². The van der Waals surface area contributed by atoms with E-state index in [1.165, 1.54) is 6.92 Å². The second kappa shape index (κ2) is 5.23. The Morgan fingerprint density at radius 1 is 1.83 bits per heavy atom. The SMILES string of the molecule is CC(=O)ON.[Sn]. The van der Waals surface area contributed by atoms with Crippen LogP contribution in [0, 0.1) is 0 Å². The Hall–Kier alpha value is 0.229. The van der Waals surface area contributed by atoms with E-state index in [0.29, 0.717) is 0 Å². The van der Waals surface area contributed by atoms with E-state index in [0.717, 1.165) is 0 Å². The molecule has 0 amide bonds. The molecule has 0 aliphatic rings. The largest absolute Gasteiger partial charge is 0.374 e. The van der Waals surface area contributed by atoms with Crippen LogP contribution in [0.2, 0.25) is 0 Å². The van der Waals surface area contributed by atoms with Crippen LogP contribution in [-0.2, 0) is 9.63 Å². The van der Waals surface area contributed by atoms with E-state index in [1.54, 1.807) is 0 Å². The first-order valence-electron chi connectivity index (χ1n) is 1.14. The first kappa shape index (κ1) is 9.52. The zero-order valence-electron chi connectivity index (χ0n) is 3.39. The Labute approximate surface area is 52.8 Å². The fourth-order valence-electron chi connectivity index (χ4n) is 0. The Balaban J connectivity index is 0. The third-order valence-electron chi connectivity index (χ3n) is 0.166. The fraction of sp³-hybridized carbons (Fsp3) is 0.500. The molecule has 0 rings (SSSR count). The number of carbonyl (C=O) groups excluding carboxylic acids is 1. The van der Waals surface area contributed by atoms with Gasteiger partial charge in [-0.25, -0.2) is 0 Å². The Morgan fingerprint density at radius 2 is 2.00 bits per heavy atom. The second-order valence-corrected chi connectivity index (χ2v) is 0.609. The molecule has 0 aromatic carbocycles. The molecule has 0 spiro atoms. The van der Waals surface area contributed by atoms with Crippen LogP contribution in [0.3, 0.4) is 0 Å². The van der Waals surface area contributed by atoms with Gasteiger partial charge in [0.2, 0.25) is 0 Å². The number of carbonyl (C=O) groups is 1. The van der Waals surface area contributed by atoms with Crippen LogP contribution >= 0.6 is 0 Å². The molecule has 0 aromatic rings. The molecular formula is C2H5NO2Sn. The average Bonchev–Trinajstić information content (AvgIpc) is 1.38. The van der Waals surface area contributed by atoms with E-state index in [4.69, 9.17) is 0 Å². The van der Waals surface area contributed by atoms with Gasteiger partial charge in [-0.1, -0.05) is 0 Å². The molecule has 0 saturated heterocycles. The van der Waals surface area contributed by atoms with Crippen molar-refractivity contribution in [3.63, 3.8) is 0 Å². The number of rotatable bonds is 0. The van der Waals surface area contributed by atoms with Gasteiger partial charge in [-0.3, -0.25) is 4.79 Å². The predicted octanol–water partition coefficient (Wildman–Crippen LogP) is -0.958. The molecule has 0 saturated carbocycles. The van der Waals surface area contributed by atoms with Crippen LogP contribution in [0.25, 0.3) is 0 Å². The molecule has 0 bridgehead atoms. The van der Waals surface area contributed by atoms with Gasteiger partial charge in [0, 0.05) is 30.8 Å². The minimum absolute atomic E-state index is 0. The predicted molar refractivity (Wildman–Crippen MR) is 21.7 cm³/mol. The molecule has 0 unspecified atom stereocenters. The van der Waals surface area contributed by atoms with Crippen molar-refractivity contribution in [2.75, 3.05) is 0 Å². The number of nitrogens with two attached hydrogens (primary N) is 1. The van der Waals surface area contributed by atoms with E-state index in [2.05, 4.69) is 10.7 Å². The normalized spacial score (nSPS) is 5.67. The first-order chi connectivity index (χ1) is 2.27. The average molecular weight is 194 g/mol. The van der Waals surface area contributed by atoms with Gasteiger partial charge in [-0.15, -0.1) is 0 Å². The van der Waals surface area contributed by atoms with E-state index in [9.17, 15) is 4.79 Å². The molecule has 0 fully saturated rings. The summed E-state index contributed by atoms with van der Waals surface area (Å²) in [6.07, 6.45) is 0. The van der Waals surface area contributed by atoms with Gasteiger partial charge < -0.3 is 4.84 Å². The summed E-state index contributed by atoms with van der Waals surface area (Å²) in [5, 5.41) is 0. The summed E-state index contributed by atoms with van der Waals surface area (Å²) < 4.78 is 0. The quantitative estimate of drug-likeness (QED) is 0.399. The summed E-state index contributed by atoms with van der Waals surface area (Å²) in [4.78, 5) is 13.1. The van der Waals surface area contributed by atoms with Gasteiger partial charge in [0.1, 0.15) is 0 Å². The van der Waals surface area contributed by atoms with Crippen molar-refractivity contribution >= 4 is 29.9 Å². The van der Waals surface area contributed by atoms with Gasteiger partial charge in [0.05, 0.1) is 0 Å². The summed E-state index contributed by atoms with van der Waals surface area (Å²) in [7, 11) is 0. The summed E-state index contributed by atoms with van der Waals surface area (Å²) >= 11 is 0.